The van der Waals surface area contributed by atoms with Crippen molar-refractivity contribution in [3.8, 4) is 23.1 Å². The number of methoxy groups -OCH3 is 1. The maximum Gasteiger partial charge on any atom is 0.282 e. The molecular formula is C28H24ClN3O4. The van der Waals surface area contributed by atoms with Crippen LogP contribution in [0.15, 0.2) is 81.0 Å². The molecule has 1 atom stereocenters. The van der Waals surface area contributed by atoms with Crippen LogP contribution < -0.4 is 15.0 Å². The van der Waals surface area contributed by atoms with Crippen molar-refractivity contribution in [1.29, 1.82) is 0 Å². The highest BCUT2D eigenvalue weighted by Gasteiger charge is 2.17. The molecule has 0 saturated carbocycles. The molecule has 0 bridgehead atoms. The molecule has 5 aromatic rings. The lowest BCUT2D eigenvalue weighted by Gasteiger charge is -2.17. The molecule has 0 fully saturated rings. The first-order chi connectivity index (χ1) is 17.5. The molecule has 3 aromatic carbocycles. The predicted octanol–water partition coefficient (Wildman–Crippen LogP) is 6.53. The van der Waals surface area contributed by atoms with Crippen molar-refractivity contribution in [3.05, 3.63) is 87.7 Å². The number of hydrogen-bond acceptors (Lipinski definition) is 6. The Labute approximate surface area is 212 Å². The summed E-state index contributed by atoms with van der Waals surface area (Å²) in [5.74, 6) is 1.67. The van der Waals surface area contributed by atoms with E-state index in [1.165, 1.54) is 10.9 Å². The molecule has 0 spiro atoms. The maximum absolute atomic E-state index is 13.5. The predicted molar refractivity (Wildman–Crippen MR) is 143 cm³/mol. The van der Waals surface area contributed by atoms with Gasteiger partial charge in [0.2, 0.25) is 5.82 Å². The molecule has 2 heterocycles. The highest BCUT2D eigenvalue weighted by atomic mass is 35.5. The topological polar surface area (TPSA) is 78.9 Å². The molecule has 0 unspecified atom stereocenters. The van der Waals surface area contributed by atoms with Gasteiger partial charge in [-0.2, -0.15) is 9.78 Å². The van der Waals surface area contributed by atoms with Gasteiger partial charge in [-0.3, -0.25) is 4.79 Å². The molecule has 0 aliphatic carbocycles. The van der Waals surface area contributed by atoms with Crippen molar-refractivity contribution in [2.45, 2.75) is 26.4 Å². The summed E-state index contributed by atoms with van der Waals surface area (Å²) in [5.41, 5.74) is 1.56. The summed E-state index contributed by atoms with van der Waals surface area (Å²) >= 11 is 6.52. The van der Waals surface area contributed by atoms with Crippen LogP contribution in [0.25, 0.3) is 33.5 Å². The van der Waals surface area contributed by atoms with Crippen LogP contribution in [0.4, 0.5) is 0 Å². The number of hydrogen-bond donors (Lipinski definition) is 0. The second kappa shape index (κ2) is 9.87. The van der Waals surface area contributed by atoms with E-state index >= 15 is 0 Å². The molecule has 7 nitrogen and oxygen atoms in total. The minimum Gasteiger partial charge on any atom is -0.493 e. The molecule has 182 valence electrons. The molecule has 0 amide bonds. The second-order valence-corrected chi connectivity index (χ2v) is 8.74. The first kappa shape index (κ1) is 23.6. The van der Waals surface area contributed by atoms with Crippen molar-refractivity contribution in [1.82, 2.24) is 9.66 Å². The number of nitrogens with zero attached hydrogens (tertiary/aromatic N) is 3. The van der Waals surface area contributed by atoms with Crippen LogP contribution in [0.1, 0.15) is 25.8 Å². The van der Waals surface area contributed by atoms with Crippen molar-refractivity contribution in [2.24, 2.45) is 5.10 Å². The van der Waals surface area contributed by atoms with Gasteiger partial charge < -0.3 is 13.9 Å². The summed E-state index contributed by atoms with van der Waals surface area (Å²) in [6.07, 6.45) is 2.33. The summed E-state index contributed by atoms with van der Waals surface area (Å²) in [4.78, 5) is 18.2. The molecule has 8 heteroatoms. The fourth-order valence-corrected chi connectivity index (χ4v) is 4.08. The van der Waals surface area contributed by atoms with Gasteiger partial charge >= 0.3 is 0 Å². The summed E-state index contributed by atoms with van der Waals surface area (Å²) in [7, 11) is 1.55. The summed E-state index contributed by atoms with van der Waals surface area (Å²) < 4.78 is 18.7. The minimum absolute atomic E-state index is 0.0236. The zero-order valence-corrected chi connectivity index (χ0v) is 20.8. The van der Waals surface area contributed by atoms with E-state index in [4.69, 9.17) is 30.5 Å². The number of ether oxygens (including phenoxy) is 2. The van der Waals surface area contributed by atoms with Crippen LogP contribution >= 0.6 is 11.6 Å². The molecule has 36 heavy (non-hydrogen) atoms. The SMILES string of the molecule is CC[C@H](C)Oc1c(Cl)cc(C=Nn2c(-c3cc4ccccc4o3)nc3ccccc3c2=O)cc1OC. The van der Waals surface area contributed by atoms with E-state index in [0.29, 0.717) is 50.2 Å². The zero-order valence-electron chi connectivity index (χ0n) is 20.1. The van der Waals surface area contributed by atoms with Crippen LogP contribution in [0.3, 0.4) is 0 Å². The number of rotatable bonds is 7. The van der Waals surface area contributed by atoms with E-state index in [9.17, 15) is 4.79 Å². The maximum atomic E-state index is 13.5. The van der Waals surface area contributed by atoms with Crippen LogP contribution in [0.2, 0.25) is 5.02 Å². The van der Waals surface area contributed by atoms with Gasteiger partial charge in [-0.05, 0) is 55.3 Å². The zero-order chi connectivity index (χ0) is 25.2. The number of para-hydroxylation sites is 2. The Hall–Kier alpha value is -4.10. The summed E-state index contributed by atoms with van der Waals surface area (Å²) in [6.45, 7) is 3.99. The van der Waals surface area contributed by atoms with Crippen molar-refractivity contribution >= 4 is 39.7 Å². The van der Waals surface area contributed by atoms with Crippen LogP contribution in [-0.4, -0.2) is 29.1 Å². The van der Waals surface area contributed by atoms with Gasteiger partial charge in [0.25, 0.3) is 5.56 Å². The van der Waals surface area contributed by atoms with Crippen LogP contribution in [-0.2, 0) is 0 Å². The van der Waals surface area contributed by atoms with Crippen molar-refractivity contribution < 1.29 is 13.9 Å². The van der Waals surface area contributed by atoms with E-state index in [0.717, 1.165) is 11.8 Å². The molecular weight excluding hydrogens is 478 g/mol. The highest BCUT2D eigenvalue weighted by Crippen LogP contribution is 2.37. The third kappa shape index (κ3) is 4.45. The Morgan fingerprint density at radius 2 is 1.92 bits per heavy atom. The van der Waals surface area contributed by atoms with Crippen LogP contribution in [0, 0.1) is 0 Å². The van der Waals surface area contributed by atoms with Crippen LogP contribution in [0.5, 0.6) is 11.5 Å². The lowest BCUT2D eigenvalue weighted by molar-refractivity contribution is 0.208. The van der Waals surface area contributed by atoms with Gasteiger partial charge in [0.05, 0.1) is 35.4 Å². The van der Waals surface area contributed by atoms with E-state index < -0.39 is 0 Å². The Bertz CT molecular complexity index is 1620. The third-order valence-electron chi connectivity index (χ3n) is 5.87. The Kier molecular flexibility index (Phi) is 6.48. The first-order valence-electron chi connectivity index (χ1n) is 11.6. The van der Waals surface area contributed by atoms with E-state index in [-0.39, 0.29) is 11.7 Å². The first-order valence-corrected chi connectivity index (χ1v) is 12.0. The molecule has 0 saturated heterocycles. The monoisotopic (exact) mass is 501 g/mol. The Morgan fingerprint density at radius 1 is 1.14 bits per heavy atom. The minimum atomic E-state index is -0.318. The number of fused-ring (bicyclic) bond motifs is 2. The second-order valence-electron chi connectivity index (χ2n) is 8.33. The molecule has 5 rings (SSSR count). The highest BCUT2D eigenvalue weighted by molar-refractivity contribution is 6.32. The van der Waals surface area contributed by atoms with Gasteiger partial charge in [0.15, 0.2) is 17.3 Å². The Morgan fingerprint density at radius 3 is 2.69 bits per heavy atom. The number of furan rings is 1. The van der Waals surface area contributed by atoms with Gasteiger partial charge in [-0.25, -0.2) is 4.98 Å². The number of benzene rings is 3. The summed E-state index contributed by atoms with van der Waals surface area (Å²) in [5, 5.41) is 6.23. The summed E-state index contributed by atoms with van der Waals surface area (Å²) in [6, 6.07) is 20.1. The molecule has 0 aliphatic heterocycles. The molecule has 2 aromatic heterocycles. The lowest BCUT2D eigenvalue weighted by atomic mass is 10.2. The van der Waals surface area contributed by atoms with Gasteiger partial charge in [0.1, 0.15) is 5.58 Å². The number of aromatic nitrogens is 2. The quantitative estimate of drug-likeness (QED) is 0.237. The van der Waals surface area contributed by atoms with Gasteiger partial charge in [-0.1, -0.05) is 48.9 Å². The molecule has 0 N–H and O–H groups in total. The largest absolute Gasteiger partial charge is 0.493 e. The average Bonchev–Trinajstić information content (AvgIpc) is 3.33. The van der Waals surface area contributed by atoms with Gasteiger partial charge in [0, 0.05) is 5.39 Å². The average molecular weight is 502 g/mol. The fourth-order valence-electron chi connectivity index (χ4n) is 3.82. The van der Waals surface area contributed by atoms with E-state index in [1.807, 2.05) is 50.2 Å². The fraction of sp³-hybridized carbons (Fsp3) is 0.179. The lowest BCUT2D eigenvalue weighted by Crippen LogP contribution is -2.20. The Balaban J connectivity index is 1.64. The third-order valence-corrected chi connectivity index (χ3v) is 6.15. The molecule has 0 radical (unpaired) electrons. The van der Waals surface area contributed by atoms with E-state index in [1.54, 1.807) is 37.4 Å². The molecule has 0 aliphatic rings. The smallest absolute Gasteiger partial charge is 0.282 e. The van der Waals surface area contributed by atoms with Crippen molar-refractivity contribution in [2.75, 3.05) is 7.11 Å². The standard InChI is InChI=1S/C28H24ClN3O4/c1-4-17(2)35-26-21(29)13-18(14-24(26)34-3)16-30-32-27(25-15-19-9-5-8-12-23(19)36-25)31-22-11-7-6-10-20(22)28(32)33/h5-17H,4H2,1-3H3/t17-/m0/s1. The van der Waals surface area contributed by atoms with E-state index in [2.05, 4.69) is 5.10 Å². The number of halogens is 1. The normalized spacial score (nSPS) is 12.4. The van der Waals surface area contributed by atoms with Gasteiger partial charge in [-0.15, -0.1) is 0 Å². The van der Waals surface area contributed by atoms with Crippen molar-refractivity contribution in [3.63, 3.8) is 0 Å².